The second-order valence-corrected chi connectivity index (χ2v) is 6.16. The van der Waals surface area contributed by atoms with Gasteiger partial charge < -0.3 is 9.26 Å². The molecule has 0 saturated carbocycles. The molecular formula is C18H14N2O2S. The van der Waals surface area contributed by atoms with Crippen LogP contribution in [0.2, 0.25) is 0 Å². The van der Waals surface area contributed by atoms with Crippen molar-refractivity contribution in [1.82, 2.24) is 10.1 Å². The monoisotopic (exact) mass is 322 g/mol. The van der Waals surface area contributed by atoms with Crippen molar-refractivity contribution < 1.29 is 9.26 Å². The van der Waals surface area contributed by atoms with E-state index in [1.165, 1.54) is 0 Å². The Morgan fingerprint density at radius 2 is 2.04 bits per heavy atom. The first kappa shape index (κ1) is 14.0. The minimum absolute atomic E-state index is 0.705. The van der Waals surface area contributed by atoms with Gasteiger partial charge in [0.1, 0.15) is 17.0 Å². The normalized spacial score (nSPS) is 11.0. The Kier molecular flexibility index (Phi) is 3.35. The summed E-state index contributed by atoms with van der Waals surface area (Å²) in [5.41, 5.74) is 5.22. The molecule has 1 aromatic carbocycles. The Morgan fingerprint density at radius 1 is 1.13 bits per heavy atom. The van der Waals surface area contributed by atoms with Gasteiger partial charge in [-0.05, 0) is 42.1 Å². The molecule has 0 aliphatic heterocycles. The van der Waals surface area contributed by atoms with Gasteiger partial charge in [-0.1, -0.05) is 23.4 Å². The number of benzene rings is 1. The predicted molar refractivity (Wildman–Crippen MR) is 91.8 cm³/mol. The fourth-order valence-corrected chi connectivity index (χ4v) is 3.27. The lowest BCUT2D eigenvalue weighted by atomic mass is 10.0. The average Bonchev–Trinajstić information content (AvgIpc) is 3.25. The molecule has 4 rings (SSSR count). The van der Waals surface area contributed by atoms with Crippen LogP contribution in [0.1, 0.15) is 5.69 Å². The van der Waals surface area contributed by atoms with Crippen molar-refractivity contribution >= 4 is 22.4 Å². The number of hydrogen-bond donors (Lipinski definition) is 0. The number of aromatic nitrogens is 2. The lowest BCUT2D eigenvalue weighted by Gasteiger charge is -2.07. The molecule has 0 amide bonds. The molecule has 0 saturated heterocycles. The van der Waals surface area contributed by atoms with Gasteiger partial charge in [0.05, 0.1) is 17.7 Å². The average molecular weight is 322 g/mol. The van der Waals surface area contributed by atoms with Crippen LogP contribution in [-0.4, -0.2) is 17.3 Å². The molecule has 0 spiro atoms. The van der Waals surface area contributed by atoms with Crippen LogP contribution in [0.5, 0.6) is 5.75 Å². The molecule has 0 radical (unpaired) electrons. The van der Waals surface area contributed by atoms with Crippen LogP contribution in [0.3, 0.4) is 0 Å². The van der Waals surface area contributed by atoms with Gasteiger partial charge in [-0.3, -0.25) is 0 Å². The summed E-state index contributed by atoms with van der Waals surface area (Å²) in [5, 5.41) is 6.13. The zero-order valence-corrected chi connectivity index (χ0v) is 13.6. The minimum atomic E-state index is 0.705. The zero-order chi connectivity index (χ0) is 15.8. The van der Waals surface area contributed by atoms with E-state index < -0.39 is 0 Å². The van der Waals surface area contributed by atoms with Crippen LogP contribution >= 0.6 is 11.3 Å². The summed E-state index contributed by atoms with van der Waals surface area (Å²) in [7, 11) is 1.66. The van der Waals surface area contributed by atoms with Crippen molar-refractivity contribution in [2.24, 2.45) is 0 Å². The number of thiophene rings is 1. The molecule has 4 nitrogen and oxygen atoms in total. The van der Waals surface area contributed by atoms with E-state index in [4.69, 9.17) is 14.2 Å². The molecule has 0 unspecified atom stereocenters. The zero-order valence-electron chi connectivity index (χ0n) is 12.7. The number of rotatable bonds is 3. The lowest BCUT2D eigenvalue weighted by molar-refractivity contribution is 0.415. The third kappa shape index (κ3) is 2.39. The third-order valence-electron chi connectivity index (χ3n) is 3.74. The van der Waals surface area contributed by atoms with Crippen molar-refractivity contribution in [1.29, 1.82) is 0 Å². The first-order valence-electron chi connectivity index (χ1n) is 7.21. The number of hydrogen-bond acceptors (Lipinski definition) is 5. The molecule has 3 aromatic heterocycles. The van der Waals surface area contributed by atoms with Crippen LogP contribution in [0.4, 0.5) is 0 Å². The predicted octanol–water partition coefficient (Wildman–Crippen LogP) is 4.94. The maximum atomic E-state index is 5.53. The van der Waals surface area contributed by atoms with E-state index in [2.05, 4.69) is 11.2 Å². The Hall–Kier alpha value is -2.66. The fraction of sp³-hybridized carbons (Fsp3) is 0.111. The Labute approximate surface area is 137 Å². The fourth-order valence-electron chi connectivity index (χ4n) is 2.58. The summed E-state index contributed by atoms with van der Waals surface area (Å²) in [6.07, 6.45) is 0. The number of aryl methyl sites for hydroxylation is 1. The van der Waals surface area contributed by atoms with Gasteiger partial charge in [-0.2, -0.15) is 0 Å². The third-order valence-corrected chi connectivity index (χ3v) is 4.64. The molecule has 4 aromatic rings. The van der Waals surface area contributed by atoms with Crippen molar-refractivity contribution in [3.63, 3.8) is 0 Å². The maximum Gasteiger partial charge on any atom is 0.193 e. The van der Waals surface area contributed by atoms with Crippen LogP contribution in [-0.2, 0) is 0 Å². The summed E-state index contributed by atoms with van der Waals surface area (Å²) in [4.78, 5) is 5.85. The number of fused-ring (bicyclic) bond motifs is 1. The highest BCUT2D eigenvalue weighted by Crippen LogP contribution is 2.35. The second-order valence-electron chi connectivity index (χ2n) is 5.21. The summed E-state index contributed by atoms with van der Waals surface area (Å²) >= 11 is 1.67. The summed E-state index contributed by atoms with van der Waals surface area (Å²) in [6.45, 7) is 1.91. The standard InChI is InChI=1S/C18H14N2O2S/c1-11-17-18(22-20-11)14(12-5-3-6-13(9-12)21-2)10-15(19-17)16-7-4-8-23-16/h3-10H,1-2H3. The van der Waals surface area contributed by atoms with Gasteiger partial charge in [0, 0.05) is 5.56 Å². The van der Waals surface area contributed by atoms with Gasteiger partial charge in [-0.15, -0.1) is 11.3 Å². The Balaban J connectivity index is 2.00. The molecule has 23 heavy (non-hydrogen) atoms. The van der Waals surface area contributed by atoms with E-state index in [0.29, 0.717) is 5.58 Å². The Morgan fingerprint density at radius 3 is 2.83 bits per heavy atom. The topological polar surface area (TPSA) is 48.2 Å². The first-order chi connectivity index (χ1) is 11.3. The van der Waals surface area contributed by atoms with Crippen LogP contribution in [0.15, 0.2) is 52.4 Å². The van der Waals surface area contributed by atoms with Crippen molar-refractivity contribution in [2.45, 2.75) is 6.92 Å². The quantitative estimate of drug-likeness (QED) is 0.536. The molecule has 3 heterocycles. The minimum Gasteiger partial charge on any atom is -0.497 e. The number of ether oxygens (including phenoxy) is 1. The molecular weight excluding hydrogens is 308 g/mol. The van der Waals surface area contributed by atoms with Gasteiger partial charge in [0.15, 0.2) is 5.58 Å². The van der Waals surface area contributed by atoms with Gasteiger partial charge in [0.25, 0.3) is 0 Å². The van der Waals surface area contributed by atoms with Gasteiger partial charge in [-0.25, -0.2) is 4.98 Å². The summed E-state index contributed by atoms with van der Waals surface area (Å²) in [6, 6.07) is 14.1. The molecule has 114 valence electrons. The van der Waals surface area contributed by atoms with Gasteiger partial charge >= 0.3 is 0 Å². The van der Waals surface area contributed by atoms with E-state index in [0.717, 1.165) is 38.7 Å². The number of nitrogens with zero attached hydrogens (tertiary/aromatic N) is 2. The molecule has 0 atom stereocenters. The van der Waals surface area contributed by atoms with Crippen LogP contribution < -0.4 is 4.74 Å². The number of methoxy groups -OCH3 is 1. The first-order valence-corrected chi connectivity index (χ1v) is 8.09. The molecule has 0 aliphatic carbocycles. The van der Waals surface area contributed by atoms with E-state index in [9.17, 15) is 0 Å². The second kappa shape index (κ2) is 5.52. The highest BCUT2D eigenvalue weighted by atomic mass is 32.1. The summed E-state index contributed by atoms with van der Waals surface area (Å²) in [5.74, 6) is 0.807. The number of pyridine rings is 1. The smallest absolute Gasteiger partial charge is 0.193 e. The van der Waals surface area contributed by atoms with Crippen molar-refractivity contribution in [2.75, 3.05) is 7.11 Å². The van der Waals surface area contributed by atoms with Gasteiger partial charge in [0.2, 0.25) is 0 Å². The van der Waals surface area contributed by atoms with E-state index in [1.54, 1.807) is 18.4 Å². The van der Waals surface area contributed by atoms with E-state index in [1.807, 2.05) is 48.7 Å². The highest BCUT2D eigenvalue weighted by Gasteiger charge is 2.16. The van der Waals surface area contributed by atoms with E-state index >= 15 is 0 Å². The van der Waals surface area contributed by atoms with Crippen LogP contribution in [0.25, 0.3) is 32.8 Å². The van der Waals surface area contributed by atoms with Crippen molar-refractivity contribution in [3.8, 4) is 27.4 Å². The lowest BCUT2D eigenvalue weighted by Crippen LogP contribution is -1.88. The SMILES string of the molecule is COc1cccc(-c2cc(-c3cccs3)nc3c(C)noc23)c1. The largest absolute Gasteiger partial charge is 0.497 e. The molecule has 0 N–H and O–H groups in total. The molecule has 0 aliphatic rings. The Bertz CT molecular complexity index is 974. The highest BCUT2D eigenvalue weighted by molar-refractivity contribution is 7.13. The maximum absolute atomic E-state index is 5.53. The van der Waals surface area contributed by atoms with E-state index in [-0.39, 0.29) is 0 Å². The molecule has 5 heteroatoms. The summed E-state index contributed by atoms with van der Waals surface area (Å²) < 4.78 is 10.9. The van der Waals surface area contributed by atoms with Crippen LogP contribution in [0, 0.1) is 6.92 Å². The molecule has 0 bridgehead atoms. The molecule has 0 fully saturated rings. The van der Waals surface area contributed by atoms with Crippen molar-refractivity contribution in [3.05, 3.63) is 53.5 Å².